The number of aliphatic hydroxyl groups is 2. The molecule has 6 aliphatic rings. The van der Waals surface area contributed by atoms with E-state index in [1.165, 1.54) is 17.8 Å². The number of aliphatic imine (C=N–C) groups is 3. The summed E-state index contributed by atoms with van der Waals surface area (Å²) in [6, 6.07) is 2.67. The minimum Gasteiger partial charge on any atom is -0.756 e. The molecule has 16 N–H and O–H groups in total. The maximum absolute atomic E-state index is 14.4. The quantitative estimate of drug-likeness (QED) is 0.0478. The first-order valence-electron chi connectivity index (χ1n) is 30.5. The molecule has 0 aliphatic carbocycles. The number of nitrogens with zero attached hydrogens (tertiary/aromatic N) is 5. The van der Waals surface area contributed by atoms with E-state index < -0.39 is 143 Å². The van der Waals surface area contributed by atoms with Crippen molar-refractivity contribution in [1.29, 1.82) is 0 Å². The van der Waals surface area contributed by atoms with Gasteiger partial charge in [0.2, 0.25) is 41.4 Å². The van der Waals surface area contributed by atoms with Crippen LogP contribution in [0.2, 0.25) is 0 Å². The van der Waals surface area contributed by atoms with Crippen LogP contribution in [0.3, 0.4) is 0 Å². The maximum Gasteiger partial charge on any atom is 2.00 e. The minimum absolute atomic E-state index is 0. The van der Waals surface area contributed by atoms with Crippen molar-refractivity contribution >= 4 is 77.3 Å². The summed E-state index contributed by atoms with van der Waals surface area (Å²) in [4.78, 5) is 128. The number of nitrogens with one attached hydrogen (secondary N) is 2. The average Bonchev–Trinajstić information content (AvgIpc) is 1.53. The molecule has 27 nitrogen and oxygen atoms in total. The summed E-state index contributed by atoms with van der Waals surface area (Å²) in [7, 11) is -5.32. The first-order valence-corrected chi connectivity index (χ1v) is 32.0. The number of aliphatic hydroxyl groups excluding tert-OH is 2. The van der Waals surface area contributed by atoms with Gasteiger partial charge in [0, 0.05) is 131 Å². The van der Waals surface area contributed by atoms with Crippen LogP contribution in [-0.2, 0) is 68.7 Å². The number of hydrogen-bond acceptors (Lipinski definition) is 19. The van der Waals surface area contributed by atoms with Gasteiger partial charge in [-0.15, -0.1) is 0 Å². The summed E-state index contributed by atoms with van der Waals surface area (Å²) in [5, 5.41) is 28.1. The van der Waals surface area contributed by atoms with E-state index >= 15 is 0 Å². The Kier molecular flexibility index (Phi) is 22.6. The van der Waals surface area contributed by atoms with Gasteiger partial charge in [-0.1, -0.05) is 34.6 Å². The Morgan fingerprint density at radius 1 is 0.815 bits per heavy atom. The predicted molar refractivity (Wildman–Crippen MR) is 338 cm³/mol. The molecule has 8 rings (SSSR count). The summed E-state index contributed by atoms with van der Waals surface area (Å²) >= 11 is 0. The fraction of sp³-hybridized carbons (Fsp3) is 0.619. The van der Waals surface area contributed by atoms with Crippen LogP contribution >= 0.6 is 7.82 Å². The van der Waals surface area contributed by atoms with Gasteiger partial charge in [0.15, 0.2) is 6.23 Å². The summed E-state index contributed by atoms with van der Waals surface area (Å²) in [5.74, 6) is -7.24. The van der Waals surface area contributed by atoms with Gasteiger partial charge in [-0.05, 0) is 108 Å². The van der Waals surface area contributed by atoms with Gasteiger partial charge in [-0.25, -0.2) is 4.98 Å². The molecule has 15 unspecified atom stereocenters. The zero-order valence-corrected chi connectivity index (χ0v) is 56.5. The number of primary amides is 6. The van der Waals surface area contributed by atoms with Gasteiger partial charge >= 0.3 is 16.8 Å². The largest absolute Gasteiger partial charge is 2.00 e. The SMILES string of the molecule is CC1=C2N=C(C=C3NC(=C(C)C4=NC(C)(C5N=C1C(C)(CCC(=O)NCC(C)OP(=O)([O-])OC1C(CO)OC(n6cnc7cc(C)c(C)cc76)C1O)C5CC(N)=O)C(C)(CC(N)=O)C4CCC(N)=O)C(C)(CC(N)=O)C3CCC(N)=O)C(C)(C)C2CCC(N)=O.[CH3-].[Co+2]. The number of allylic oxidation sites excluding steroid dienone is 6. The monoisotopic (exact) mass is 1340 g/mol. The van der Waals surface area contributed by atoms with E-state index in [1.807, 2.05) is 87.4 Å². The predicted octanol–water partition coefficient (Wildman–Crippen LogP) is 2.98. The normalized spacial score (nSPS) is 31.3. The fourth-order valence-corrected chi connectivity index (χ4v) is 16.6. The molecule has 1 aromatic heterocycles. The second kappa shape index (κ2) is 27.8. The third kappa shape index (κ3) is 14.1. The van der Waals surface area contributed by atoms with Gasteiger partial charge in [0.25, 0.3) is 7.82 Å². The first kappa shape index (κ1) is 74.5. The van der Waals surface area contributed by atoms with Gasteiger partial charge in [0.1, 0.15) is 18.3 Å². The number of imidazole rings is 1. The third-order valence-electron chi connectivity index (χ3n) is 20.6. The number of ether oxygens (including phenoxy) is 1. The Morgan fingerprint density at radius 2 is 1.40 bits per heavy atom. The Balaban J connectivity index is 0.00000672. The molecular weight excluding hydrogens is 1250 g/mol. The fourth-order valence-electron chi connectivity index (χ4n) is 15.4. The number of carbonyl (C=O) groups excluding carboxylic acids is 7. The second-order valence-corrected chi connectivity index (χ2v) is 28.4. The molecule has 0 saturated carbocycles. The second-order valence-electron chi connectivity index (χ2n) is 27.1. The van der Waals surface area contributed by atoms with E-state index in [0.29, 0.717) is 56.4 Å². The van der Waals surface area contributed by atoms with Crippen LogP contribution in [0.15, 0.2) is 67.8 Å². The van der Waals surface area contributed by atoms with E-state index in [2.05, 4.69) is 15.6 Å². The van der Waals surface area contributed by atoms with E-state index in [-0.39, 0.29) is 101 Å². The Hall–Kier alpha value is -6.49. The molecule has 507 valence electrons. The number of nitrogens with two attached hydrogens (primary N) is 6. The average molecular weight is 1350 g/mol. The smallest absolute Gasteiger partial charge is 0.756 e. The molecule has 2 fully saturated rings. The molecule has 0 spiro atoms. The number of fused-ring (bicyclic) bond motifs is 7. The molecule has 29 heteroatoms. The van der Waals surface area contributed by atoms with Crippen LogP contribution in [0.4, 0.5) is 0 Å². The summed E-state index contributed by atoms with van der Waals surface area (Å²) in [6.45, 7) is 19.1. The Labute approximate surface area is 547 Å². The summed E-state index contributed by atoms with van der Waals surface area (Å²) in [6.07, 6.45) is -4.57. The molecule has 15 atom stereocenters. The van der Waals surface area contributed by atoms with Crippen LogP contribution in [0.1, 0.15) is 150 Å². The van der Waals surface area contributed by atoms with Gasteiger partial charge in [0.05, 0.1) is 41.7 Å². The van der Waals surface area contributed by atoms with Gasteiger partial charge in [-0.2, -0.15) is 0 Å². The number of phosphoric ester groups is 1. The number of hydrogen-bond donors (Lipinski definition) is 10. The van der Waals surface area contributed by atoms with Gasteiger partial charge < -0.3 is 85.9 Å². The van der Waals surface area contributed by atoms with Crippen LogP contribution in [-0.4, -0.2) is 127 Å². The van der Waals surface area contributed by atoms with Crippen molar-refractivity contribution in [3.8, 4) is 0 Å². The molecule has 1 radical (unpaired) electrons. The molecule has 2 saturated heterocycles. The molecule has 7 heterocycles. The number of rotatable bonds is 26. The number of aryl methyl sites for hydroxylation is 2. The van der Waals surface area contributed by atoms with Crippen molar-refractivity contribution in [3.05, 3.63) is 71.3 Å². The first-order chi connectivity index (χ1) is 41.8. The zero-order valence-electron chi connectivity index (χ0n) is 54.5. The number of amides is 7. The van der Waals surface area contributed by atoms with Crippen LogP contribution in [0, 0.1) is 66.6 Å². The minimum atomic E-state index is -5.32. The third-order valence-corrected chi connectivity index (χ3v) is 21.7. The van der Waals surface area contributed by atoms with E-state index in [0.717, 1.165) is 11.1 Å². The molecule has 7 amide bonds. The molecule has 6 aliphatic heterocycles. The standard InChI is InChI=1S/C62H90N13O14P.CH3.Co/c1-29-20-39-40(21-30(29)2)75(28-70-39)57-52(84)53(41(27-76)87-57)89-90(85,86)88-31(3)26-69-49(83)18-19-59(8)37(22-46(66)80)56-62(11)61(10,25-48(68)82)36(14-17-45(65)79)51(74-62)33(5)55-60(9,24-47(67)81)34(12-15-43(63)77)38(71-55)23-42-58(6,7)35(13-16-44(64)78)50(72-42)32(4)54(59)73-56;;/h20-21,23,28,31,34-37,41,52-53,56-57,71,76,84H,12-19,22,24-27H2,1-11H3,(H2,63,77)(H2,64,78)(H2,65,79)(H2,66,80)(H2,67,81)(H2,68,82)(H,69,83)(H,85,86);1H3;/q;-1;+2/p-1. The van der Waals surface area contributed by atoms with Gasteiger partial charge in [-0.3, -0.25) is 53.1 Å². The van der Waals surface area contributed by atoms with Crippen molar-refractivity contribution in [1.82, 2.24) is 20.2 Å². The topological polar surface area (TPSA) is 463 Å². The molecule has 1 aromatic carbocycles. The number of carbonyl (C=O) groups is 7. The van der Waals surface area contributed by atoms with E-state index in [1.54, 1.807) is 0 Å². The number of benzene rings is 1. The van der Waals surface area contributed by atoms with Crippen molar-refractivity contribution in [2.75, 3.05) is 13.2 Å². The molecule has 8 bridgehead atoms. The van der Waals surface area contributed by atoms with Crippen molar-refractivity contribution in [2.24, 2.45) is 94.7 Å². The zero-order chi connectivity index (χ0) is 66.7. The van der Waals surface area contributed by atoms with Crippen LogP contribution in [0.5, 0.6) is 0 Å². The van der Waals surface area contributed by atoms with Crippen LogP contribution < -0.4 is 49.9 Å². The van der Waals surface area contributed by atoms with Crippen molar-refractivity contribution in [3.63, 3.8) is 0 Å². The Bertz CT molecular complexity index is 3540. The molecule has 92 heavy (non-hydrogen) atoms. The maximum atomic E-state index is 14.4. The van der Waals surface area contributed by atoms with Crippen molar-refractivity contribution < 1.29 is 83.8 Å². The van der Waals surface area contributed by atoms with Crippen molar-refractivity contribution in [2.45, 2.75) is 189 Å². The molecular formula is C63H92CoN13O14P. The van der Waals surface area contributed by atoms with Crippen LogP contribution in [0.25, 0.3) is 11.0 Å². The summed E-state index contributed by atoms with van der Waals surface area (Å²) < 4.78 is 31.9. The number of phosphoric acid groups is 1. The number of aromatic nitrogens is 2. The van der Waals surface area contributed by atoms with E-state index in [4.69, 9.17) is 63.2 Å². The summed E-state index contributed by atoms with van der Waals surface area (Å²) in [5.41, 5.74) is 37.2. The van der Waals surface area contributed by atoms with E-state index in [9.17, 15) is 53.2 Å². The molecule has 2 aromatic rings. The Morgan fingerprint density at radius 3 is 1.98 bits per heavy atom.